The lowest BCUT2D eigenvalue weighted by atomic mass is 10.1. The van der Waals surface area contributed by atoms with E-state index in [0.29, 0.717) is 25.9 Å². The lowest BCUT2D eigenvalue weighted by molar-refractivity contribution is -0.126. The number of hydrogen-bond donors (Lipinski definition) is 1. The van der Waals surface area contributed by atoms with Crippen molar-refractivity contribution in [2.75, 3.05) is 13.1 Å². The molecule has 1 fully saturated rings. The molecule has 142 valence electrons. The summed E-state index contributed by atoms with van der Waals surface area (Å²) in [6, 6.07) is 19.1. The zero-order valence-electron chi connectivity index (χ0n) is 15.9. The van der Waals surface area contributed by atoms with Crippen molar-refractivity contribution < 1.29 is 9.59 Å². The minimum absolute atomic E-state index is 0.0544. The standard InChI is InChI=1S/C23H23N3O2/c1-17-7-9-19(10-8-17)13-20(15-24)23(28)26-12-11-21(16-26)25-22(27)14-18-5-3-2-4-6-18/h2-10,13,21H,11-12,14,16H2,1H3,(H,25,27)/b20-13+/t21-/m0/s1. The van der Waals surface area contributed by atoms with Crippen molar-refractivity contribution in [3.05, 3.63) is 76.9 Å². The first-order valence-electron chi connectivity index (χ1n) is 9.36. The Bertz CT molecular complexity index is 911. The van der Waals surface area contributed by atoms with Crippen LogP contribution in [0.3, 0.4) is 0 Å². The molecule has 28 heavy (non-hydrogen) atoms. The van der Waals surface area contributed by atoms with Crippen LogP contribution in [0.2, 0.25) is 0 Å². The molecule has 5 heteroatoms. The van der Waals surface area contributed by atoms with Gasteiger partial charge in [0.25, 0.3) is 5.91 Å². The predicted molar refractivity (Wildman–Crippen MR) is 108 cm³/mol. The monoisotopic (exact) mass is 373 g/mol. The van der Waals surface area contributed by atoms with Crippen LogP contribution in [0, 0.1) is 18.3 Å². The molecule has 0 spiro atoms. The summed E-state index contributed by atoms with van der Waals surface area (Å²) in [5, 5.41) is 12.4. The van der Waals surface area contributed by atoms with Crippen LogP contribution in [0.25, 0.3) is 6.08 Å². The van der Waals surface area contributed by atoms with E-state index in [1.54, 1.807) is 11.0 Å². The number of hydrogen-bond acceptors (Lipinski definition) is 3. The molecule has 0 saturated carbocycles. The number of carbonyl (C=O) groups excluding carboxylic acids is 2. The van der Waals surface area contributed by atoms with Crippen molar-refractivity contribution >= 4 is 17.9 Å². The van der Waals surface area contributed by atoms with Crippen molar-refractivity contribution in [2.45, 2.75) is 25.8 Å². The maximum absolute atomic E-state index is 12.7. The third kappa shape index (κ3) is 5.08. The molecule has 0 aromatic heterocycles. The Labute approximate surface area is 165 Å². The average Bonchev–Trinajstić information content (AvgIpc) is 3.16. The first-order valence-corrected chi connectivity index (χ1v) is 9.36. The highest BCUT2D eigenvalue weighted by atomic mass is 16.2. The number of nitrogens with zero attached hydrogens (tertiary/aromatic N) is 2. The zero-order chi connectivity index (χ0) is 19.9. The number of likely N-dealkylation sites (tertiary alicyclic amines) is 1. The van der Waals surface area contributed by atoms with Crippen LogP contribution in [-0.2, 0) is 16.0 Å². The van der Waals surface area contributed by atoms with Gasteiger partial charge >= 0.3 is 0 Å². The molecule has 0 bridgehead atoms. The molecule has 0 radical (unpaired) electrons. The topological polar surface area (TPSA) is 73.2 Å². The van der Waals surface area contributed by atoms with Crippen molar-refractivity contribution in [3.8, 4) is 6.07 Å². The maximum Gasteiger partial charge on any atom is 0.264 e. The fourth-order valence-corrected chi connectivity index (χ4v) is 3.26. The lowest BCUT2D eigenvalue weighted by Gasteiger charge is -2.17. The van der Waals surface area contributed by atoms with Crippen molar-refractivity contribution in [2.24, 2.45) is 0 Å². The Morgan fingerprint density at radius 2 is 1.89 bits per heavy atom. The molecule has 1 atom stereocenters. The molecule has 1 aliphatic heterocycles. The van der Waals surface area contributed by atoms with E-state index in [0.717, 1.165) is 16.7 Å². The van der Waals surface area contributed by atoms with Crippen LogP contribution in [0.5, 0.6) is 0 Å². The molecule has 1 N–H and O–H groups in total. The summed E-state index contributed by atoms with van der Waals surface area (Å²) in [6.07, 6.45) is 2.63. The van der Waals surface area contributed by atoms with Crippen LogP contribution < -0.4 is 5.32 Å². The van der Waals surface area contributed by atoms with Crippen LogP contribution in [0.1, 0.15) is 23.1 Å². The van der Waals surface area contributed by atoms with E-state index in [2.05, 4.69) is 5.32 Å². The predicted octanol–water partition coefficient (Wildman–Crippen LogP) is 2.86. The molecule has 2 amide bonds. The largest absolute Gasteiger partial charge is 0.351 e. The van der Waals surface area contributed by atoms with Gasteiger partial charge in [-0.15, -0.1) is 0 Å². The van der Waals surface area contributed by atoms with Gasteiger partial charge in [0.05, 0.1) is 6.42 Å². The zero-order valence-corrected chi connectivity index (χ0v) is 15.9. The van der Waals surface area contributed by atoms with Crippen molar-refractivity contribution in [1.29, 1.82) is 5.26 Å². The fourth-order valence-electron chi connectivity index (χ4n) is 3.26. The Morgan fingerprint density at radius 3 is 2.57 bits per heavy atom. The van der Waals surface area contributed by atoms with Gasteiger partial charge in [-0.05, 0) is 30.5 Å². The smallest absolute Gasteiger partial charge is 0.264 e. The molecule has 1 saturated heterocycles. The second kappa shape index (κ2) is 9.01. The van der Waals surface area contributed by atoms with Gasteiger partial charge in [-0.2, -0.15) is 5.26 Å². The second-order valence-electron chi connectivity index (χ2n) is 7.05. The molecular weight excluding hydrogens is 350 g/mol. The Balaban J connectivity index is 1.57. The SMILES string of the molecule is Cc1ccc(/C=C(\C#N)C(=O)N2CC[C@H](NC(=O)Cc3ccccc3)C2)cc1. The van der Waals surface area contributed by atoms with Gasteiger partial charge in [-0.25, -0.2) is 0 Å². The number of rotatable bonds is 5. The molecule has 1 aliphatic rings. The minimum atomic E-state index is -0.289. The molecule has 2 aromatic rings. The number of nitrogens with one attached hydrogen (secondary N) is 1. The molecule has 0 aliphatic carbocycles. The van der Waals surface area contributed by atoms with Crippen molar-refractivity contribution in [1.82, 2.24) is 10.2 Å². The number of aryl methyl sites for hydroxylation is 1. The first kappa shape index (κ1) is 19.4. The van der Waals surface area contributed by atoms with Gasteiger partial charge < -0.3 is 10.2 Å². The summed E-state index contributed by atoms with van der Waals surface area (Å²) < 4.78 is 0. The van der Waals surface area contributed by atoms with Crippen LogP contribution in [0.15, 0.2) is 60.2 Å². The highest BCUT2D eigenvalue weighted by Crippen LogP contribution is 2.16. The average molecular weight is 373 g/mol. The quantitative estimate of drug-likeness (QED) is 0.647. The number of nitriles is 1. The molecule has 1 heterocycles. The van der Waals surface area contributed by atoms with Gasteiger partial charge in [0, 0.05) is 19.1 Å². The third-order valence-electron chi connectivity index (χ3n) is 4.79. The first-order chi connectivity index (χ1) is 13.5. The summed E-state index contributed by atoms with van der Waals surface area (Å²) in [6.45, 7) is 2.94. The highest BCUT2D eigenvalue weighted by molar-refractivity contribution is 6.01. The van der Waals surface area contributed by atoms with Crippen LogP contribution >= 0.6 is 0 Å². The highest BCUT2D eigenvalue weighted by Gasteiger charge is 2.29. The summed E-state index contributed by atoms with van der Waals surface area (Å²) in [5.41, 5.74) is 3.01. The molecular formula is C23H23N3O2. The number of amides is 2. The Hall–Kier alpha value is -3.39. The third-order valence-corrected chi connectivity index (χ3v) is 4.79. The van der Waals surface area contributed by atoms with Crippen LogP contribution in [0.4, 0.5) is 0 Å². The number of carbonyl (C=O) groups is 2. The molecule has 0 unspecified atom stereocenters. The summed E-state index contributed by atoms with van der Waals surface area (Å²) in [5.74, 6) is -0.343. The normalized spacial score (nSPS) is 16.5. The summed E-state index contributed by atoms with van der Waals surface area (Å²) in [7, 11) is 0. The van der Waals surface area contributed by atoms with Crippen LogP contribution in [-0.4, -0.2) is 35.8 Å². The summed E-state index contributed by atoms with van der Waals surface area (Å²) >= 11 is 0. The summed E-state index contributed by atoms with van der Waals surface area (Å²) in [4.78, 5) is 26.6. The number of benzene rings is 2. The maximum atomic E-state index is 12.7. The molecule has 3 rings (SSSR count). The van der Waals surface area contributed by atoms with E-state index in [9.17, 15) is 14.9 Å². The van der Waals surface area contributed by atoms with E-state index in [1.165, 1.54) is 0 Å². The van der Waals surface area contributed by atoms with E-state index in [-0.39, 0.29) is 23.4 Å². The van der Waals surface area contributed by atoms with Crippen molar-refractivity contribution in [3.63, 3.8) is 0 Å². The van der Waals surface area contributed by atoms with E-state index >= 15 is 0 Å². The van der Waals surface area contributed by atoms with E-state index in [1.807, 2.05) is 67.6 Å². The van der Waals surface area contributed by atoms with Gasteiger partial charge in [0.15, 0.2) is 0 Å². The Morgan fingerprint density at radius 1 is 1.18 bits per heavy atom. The van der Waals surface area contributed by atoms with Gasteiger partial charge in [-0.1, -0.05) is 60.2 Å². The fraction of sp³-hybridized carbons (Fsp3) is 0.261. The van der Waals surface area contributed by atoms with Gasteiger partial charge in [-0.3, -0.25) is 9.59 Å². The van der Waals surface area contributed by atoms with Gasteiger partial charge in [0.1, 0.15) is 11.6 Å². The molecule has 5 nitrogen and oxygen atoms in total. The van der Waals surface area contributed by atoms with E-state index < -0.39 is 0 Å². The Kier molecular flexibility index (Phi) is 6.23. The molecule has 2 aromatic carbocycles. The van der Waals surface area contributed by atoms with E-state index in [4.69, 9.17) is 0 Å². The minimum Gasteiger partial charge on any atom is -0.351 e. The lowest BCUT2D eigenvalue weighted by Crippen LogP contribution is -2.39. The van der Waals surface area contributed by atoms with Gasteiger partial charge in [0.2, 0.25) is 5.91 Å². The second-order valence-corrected chi connectivity index (χ2v) is 7.05.